The van der Waals surface area contributed by atoms with E-state index in [4.69, 9.17) is 0 Å². The van der Waals surface area contributed by atoms with Crippen molar-refractivity contribution in [1.29, 1.82) is 0 Å². The lowest BCUT2D eigenvalue weighted by molar-refractivity contribution is 0.596. The Labute approximate surface area is 102 Å². The molecule has 1 N–H and O–H groups in total. The van der Waals surface area contributed by atoms with Crippen LogP contribution in [0.15, 0.2) is 49.1 Å². The summed E-state index contributed by atoms with van der Waals surface area (Å²) >= 11 is 0. The van der Waals surface area contributed by atoms with Crippen molar-refractivity contribution in [3.63, 3.8) is 0 Å². The zero-order valence-electron chi connectivity index (χ0n) is 10.0. The van der Waals surface area contributed by atoms with E-state index in [0.29, 0.717) is 0 Å². The van der Waals surface area contributed by atoms with E-state index in [1.54, 1.807) is 6.20 Å². The number of rotatable bonds is 5. The van der Waals surface area contributed by atoms with Crippen molar-refractivity contribution in [3.8, 4) is 0 Å². The van der Waals surface area contributed by atoms with E-state index >= 15 is 0 Å². The Morgan fingerprint density at radius 2 is 1.88 bits per heavy atom. The minimum Gasteiger partial charge on any atom is -0.306 e. The molecule has 3 heteroatoms. The highest BCUT2D eigenvalue weighted by Gasteiger charge is 2.12. The van der Waals surface area contributed by atoms with Gasteiger partial charge in [-0.05, 0) is 42.3 Å². The molecule has 0 saturated carbocycles. The molecule has 2 aromatic heterocycles. The van der Waals surface area contributed by atoms with Crippen LogP contribution >= 0.6 is 0 Å². The molecule has 0 bridgehead atoms. The minimum atomic E-state index is 0.201. The number of hydrogen-bond acceptors (Lipinski definition) is 3. The summed E-state index contributed by atoms with van der Waals surface area (Å²) < 4.78 is 0. The van der Waals surface area contributed by atoms with Crippen molar-refractivity contribution in [2.45, 2.75) is 19.4 Å². The van der Waals surface area contributed by atoms with E-state index < -0.39 is 0 Å². The standard InChI is InChI=1S/C14H17N3/c1-2-7-17-14(12-5-9-15-10-6-12)13-4-3-8-16-11-13/h3-6,8-11,14,17H,2,7H2,1H3. The molecule has 0 fully saturated rings. The SMILES string of the molecule is CCCNC(c1ccncc1)c1cccnc1. The summed E-state index contributed by atoms with van der Waals surface area (Å²) in [6.45, 7) is 3.15. The summed E-state index contributed by atoms with van der Waals surface area (Å²) in [5.74, 6) is 0. The van der Waals surface area contributed by atoms with E-state index in [1.807, 2.05) is 36.8 Å². The first-order valence-corrected chi connectivity index (χ1v) is 5.95. The molecular formula is C14H17N3. The zero-order valence-corrected chi connectivity index (χ0v) is 10.0. The maximum absolute atomic E-state index is 4.18. The topological polar surface area (TPSA) is 37.8 Å². The second kappa shape index (κ2) is 6.11. The lowest BCUT2D eigenvalue weighted by Crippen LogP contribution is -2.23. The third-order valence-corrected chi connectivity index (χ3v) is 2.66. The molecule has 0 aliphatic heterocycles. The number of pyridine rings is 2. The summed E-state index contributed by atoms with van der Waals surface area (Å²) in [4.78, 5) is 8.24. The van der Waals surface area contributed by atoms with Crippen LogP contribution in [0.4, 0.5) is 0 Å². The maximum Gasteiger partial charge on any atom is 0.0593 e. The fourth-order valence-corrected chi connectivity index (χ4v) is 1.82. The van der Waals surface area contributed by atoms with Crippen LogP contribution in [0.2, 0.25) is 0 Å². The Morgan fingerprint density at radius 3 is 2.53 bits per heavy atom. The molecule has 0 spiro atoms. The quantitative estimate of drug-likeness (QED) is 0.853. The van der Waals surface area contributed by atoms with Crippen molar-refractivity contribution in [1.82, 2.24) is 15.3 Å². The first kappa shape index (κ1) is 11.7. The van der Waals surface area contributed by atoms with E-state index in [-0.39, 0.29) is 6.04 Å². The van der Waals surface area contributed by atoms with Crippen LogP contribution in [0.5, 0.6) is 0 Å². The normalized spacial score (nSPS) is 12.3. The highest BCUT2D eigenvalue weighted by Crippen LogP contribution is 2.20. The maximum atomic E-state index is 4.18. The molecule has 0 amide bonds. The molecule has 3 nitrogen and oxygen atoms in total. The predicted molar refractivity (Wildman–Crippen MR) is 68.6 cm³/mol. The molecule has 0 radical (unpaired) electrons. The molecule has 0 saturated heterocycles. The van der Waals surface area contributed by atoms with Crippen LogP contribution < -0.4 is 5.32 Å². The van der Waals surface area contributed by atoms with Crippen molar-refractivity contribution in [3.05, 3.63) is 60.2 Å². The molecule has 2 rings (SSSR count). The highest BCUT2D eigenvalue weighted by atomic mass is 14.9. The molecule has 0 aliphatic carbocycles. The molecule has 0 aliphatic rings. The fraction of sp³-hybridized carbons (Fsp3) is 0.286. The van der Waals surface area contributed by atoms with Gasteiger partial charge in [-0.3, -0.25) is 9.97 Å². The molecular weight excluding hydrogens is 210 g/mol. The van der Waals surface area contributed by atoms with Crippen LogP contribution in [0.1, 0.15) is 30.5 Å². The first-order valence-electron chi connectivity index (χ1n) is 5.95. The lowest BCUT2D eigenvalue weighted by Gasteiger charge is -2.18. The van der Waals surface area contributed by atoms with Crippen molar-refractivity contribution in [2.24, 2.45) is 0 Å². The van der Waals surface area contributed by atoms with Gasteiger partial charge in [-0.1, -0.05) is 13.0 Å². The van der Waals surface area contributed by atoms with Crippen LogP contribution in [0.3, 0.4) is 0 Å². The fourth-order valence-electron chi connectivity index (χ4n) is 1.82. The van der Waals surface area contributed by atoms with E-state index in [9.17, 15) is 0 Å². The number of nitrogens with one attached hydrogen (secondary N) is 1. The van der Waals surface area contributed by atoms with Crippen LogP contribution in [-0.4, -0.2) is 16.5 Å². The average Bonchev–Trinajstić information content (AvgIpc) is 2.42. The van der Waals surface area contributed by atoms with Gasteiger partial charge in [0.05, 0.1) is 6.04 Å². The van der Waals surface area contributed by atoms with Gasteiger partial charge in [-0.25, -0.2) is 0 Å². The summed E-state index contributed by atoms with van der Waals surface area (Å²) in [5.41, 5.74) is 2.41. The second-order valence-corrected chi connectivity index (χ2v) is 3.95. The van der Waals surface area contributed by atoms with E-state index in [2.05, 4.69) is 28.3 Å². The average molecular weight is 227 g/mol. The molecule has 0 aromatic carbocycles. The Morgan fingerprint density at radius 1 is 1.06 bits per heavy atom. The minimum absolute atomic E-state index is 0.201. The third kappa shape index (κ3) is 3.11. The zero-order chi connectivity index (χ0) is 11.9. The van der Waals surface area contributed by atoms with Crippen LogP contribution in [0, 0.1) is 0 Å². The summed E-state index contributed by atoms with van der Waals surface area (Å²) in [6.07, 6.45) is 8.47. The Balaban J connectivity index is 2.26. The lowest BCUT2D eigenvalue weighted by atomic mass is 10.0. The molecule has 1 unspecified atom stereocenters. The largest absolute Gasteiger partial charge is 0.306 e. The van der Waals surface area contributed by atoms with Gasteiger partial charge in [0.1, 0.15) is 0 Å². The van der Waals surface area contributed by atoms with Crippen molar-refractivity contribution >= 4 is 0 Å². The number of aromatic nitrogens is 2. The summed E-state index contributed by atoms with van der Waals surface area (Å²) in [5, 5.41) is 3.53. The van der Waals surface area contributed by atoms with Crippen molar-refractivity contribution in [2.75, 3.05) is 6.54 Å². The van der Waals surface area contributed by atoms with Gasteiger partial charge in [0.25, 0.3) is 0 Å². The highest BCUT2D eigenvalue weighted by molar-refractivity contribution is 5.28. The monoisotopic (exact) mass is 227 g/mol. The van der Waals surface area contributed by atoms with Gasteiger partial charge >= 0.3 is 0 Å². The number of hydrogen-bond donors (Lipinski definition) is 1. The van der Waals surface area contributed by atoms with Gasteiger partial charge < -0.3 is 5.32 Å². The van der Waals surface area contributed by atoms with Gasteiger partial charge in [-0.2, -0.15) is 0 Å². The Bertz CT molecular complexity index is 388. The molecule has 88 valence electrons. The molecule has 2 aromatic rings. The summed E-state index contributed by atoms with van der Waals surface area (Å²) in [6, 6.07) is 8.35. The molecule has 17 heavy (non-hydrogen) atoms. The molecule has 1 atom stereocenters. The van der Waals surface area contributed by atoms with Crippen LogP contribution in [-0.2, 0) is 0 Å². The smallest absolute Gasteiger partial charge is 0.0593 e. The first-order chi connectivity index (χ1) is 8.42. The van der Waals surface area contributed by atoms with E-state index in [0.717, 1.165) is 13.0 Å². The second-order valence-electron chi connectivity index (χ2n) is 3.95. The Hall–Kier alpha value is -1.74. The van der Waals surface area contributed by atoms with Gasteiger partial charge in [0, 0.05) is 24.8 Å². The summed E-state index contributed by atoms with van der Waals surface area (Å²) in [7, 11) is 0. The van der Waals surface area contributed by atoms with Crippen LogP contribution in [0.25, 0.3) is 0 Å². The van der Waals surface area contributed by atoms with Gasteiger partial charge in [0.2, 0.25) is 0 Å². The third-order valence-electron chi connectivity index (χ3n) is 2.66. The number of nitrogens with zero attached hydrogens (tertiary/aromatic N) is 2. The van der Waals surface area contributed by atoms with Gasteiger partial charge in [0.15, 0.2) is 0 Å². The molecule has 2 heterocycles. The van der Waals surface area contributed by atoms with Crippen molar-refractivity contribution < 1.29 is 0 Å². The Kier molecular flexibility index (Phi) is 4.22. The van der Waals surface area contributed by atoms with Gasteiger partial charge in [-0.15, -0.1) is 0 Å². The van der Waals surface area contributed by atoms with E-state index in [1.165, 1.54) is 11.1 Å². The predicted octanol–water partition coefficient (Wildman–Crippen LogP) is 2.57.